The molecule has 7 heteroatoms. The number of rotatable bonds is 6. The summed E-state index contributed by atoms with van der Waals surface area (Å²) in [6.45, 7) is 0.981. The van der Waals surface area contributed by atoms with Crippen LogP contribution in [0.5, 0.6) is 0 Å². The van der Waals surface area contributed by atoms with Crippen molar-refractivity contribution in [2.75, 3.05) is 6.54 Å². The van der Waals surface area contributed by atoms with Gasteiger partial charge in [-0.25, -0.2) is 9.97 Å². The Labute approximate surface area is 97.5 Å². The van der Waals surface area contributed by atoms with E-state index in [1.165, 1.54) is 0 Å². The first kappa shape index (κ1) is 11.3. The molecule has 0 amide bonds. The fourth-order valence-electron chi connectivity index (χ4n) is 1.58. The lowest BCUT2D eigenvalue weighted by Gasteiger charge is -2.18. The van der Waals surface area contributed by atoms with Crippen molar-refractivity contribution in [3.05, 3.63) is 36.4 Å². The highest BCUT2D eigenvalue weighted by molar-refractivity contribution is 5.69. The summed E-state index contributed by atoms with van der Waals surface area (Å²) in [5, 5.41) is 8.85. The van der Waals surface area contributed by atoms with E-state index >= 15 is 0 Å². The maximum absolute atomic E-state index is 10.8. The Morgan fingerprint density at radius 2 is 1.71 bits per heavy atom. The van der Waals surface area contributed by atoms with E-state index in [2.05, 4.69) is 19.9 Å². The van der Waals surface area contributed by atoms with Gasteiger partial charge in [-0.2, -0.15) is 0 Å². The molecule has 2 rings (SSSR count). The fourth-order valence-corrected chi connectivity index (χ4v) is 1.58. The topological polar surface area (TPSA) is 97.9 Å². The quantitative estimate of drug-likeness (QED) is 0.665. The lowest BCUT2D eigenvalue weighted by Crippen LogP contribution is -2.29. The van der Waals surface area contributed by atoms with E-state index in [0.29, 0.717) is 13.1 Å². The second kappa shape index (κ2) is 5.26. The molecule has 0 aliphatic heterocycles. The first-order valence-electron chi connectivity index (χ1n) is 5.12. The maximum Gasteiger partial charge on any atom is 0.317 e. The third-order valence-electron chi connectivity index (χ3n) is 2.26. The van der Waals surface area contributed by atoms with Crippen LogP contribution in [0.2, 0.25) is 0 Å². The first-order valence-corrected chi connectivity index (χ1v) is 5.12. The van der Waals surface area contributed by atoms with E-state index in [1.54, 1.807) is 29.9 Å². The van der Waals surface area contributed by atoms with Crippen LogP contribution in [0.25, 0.3) is 0 Å². The smallest absolute Gasteiger partial charge is 0.317 e. The Hall–Kier alpha value is -2.15. The van der Waals surface area contributed by atoms with E-state index in [1.807, 2.05) is 0 Å². The van der Waals surface area contributed by atoms with Crippen LogP contribution >= 0.6 is 0 Å². The van der Waals surface area contributed by atoms with Gasteiger partial charge in [-0.05, 0) is 0 Å². The Morgan fingerprint density at radius 1 is 1.18 bits per heavy atom. The average Bonchev–Trinajstić information content (AvgIpc) is 2.89. The Kier molecular flexibility index (Phi) is 3.51. The molecule has 0 aromatic carbocycles. The summed E-state index contributed by atoms with van der Waals surface area (Å²) >= 11 is 0. The van der Waals surface area contributed by atoms with Crippen molar-refractivity contribution in [2.45, 2.75) is 13.1 Å². The van der Waals surface area contributed by atoms with E-state index in [-0.39, 0.29) is 6.54 Å². The number of H-pyrrole nitrogens is 2. The first-order chi connectivity index (χ1) is 8.24. The van der Waals surface area contributed by atoms with Gasteiger partial charge in [0, 0.05) is 36.9 Å². The van der Waals surface area contributed by atoms with Crippen LogP contribution in [0.1, 0.15) is 11.4 Å². The summed E-state index contributed by atoms with van der Waals surface area (Å²) in [5.74, 6) is -0.857. The standard InChI is InChI=1S/C10H13N5O2/c16-10(17)5-15(3-8-1-11-6-13-8)4-9-2-12-7-14-9/h1-2,6-7H,3-5H2,(H,11,13)(H,12,14)(H,16,17). The van der Waals surface area contributed by atoms with Crippen LogP contribution in [0.3, 0.4) is 0 Å². The Balaban J connectivity index is 2.00. The molecule has 0 saturated carbocycles. The second-order valence-corrected chi connectivity index (χ2v) is 3.69. The summed E-state index contributed by atoms with van der Waals surface area (Å²) in [7, 11) is 0. The molecule has 17 heavy (non-hydrogen) atoms. The molecular weight excluding hydrogens is 222 g/mol. The van der Waals surface area contributed by atoms with Gasteiger partial charge in [0.05, 0.1) is 19.2 Å². The van der Waals surface area contributed by atoms with Crippen LogP contribution in [0.15, 0.2) is 25.0 Å². The number of nitrogens with one attached hydrogen (secondary N) is 2. The van der Waals surface area contributed by atoms with Crippen molar-refractivity contribution in [1.82, 2.24) is 24.8 Å². The van der Waals surface area contributed by atoms with E-state index < -0.39 is 5.97 Å². The number of hydrogen-bond acceptors (Lipinski definition) is 4. The summed E-state index contributed by atoms with van der Waals surface area (Å²) < 4.78 is 0. The number of imidazole rings is 2. The number of hydrogen-bond donors (Lipinski definition) is 3. The van der Waals surface area contributed by atoms with Gasteiger partial charge >= 0.3 is 5.97 Å². The van der Waals surface area contributed by atoms with Crippen molar-refractivity contribution in [3.8, 4) is 0 Å². The van der Waals surface area contributed by atoms with Crippen molar-refractivity contribution in [2.24, 2.45) is 0 Å². The minimum atomic E-state index is -0.857. The minimum Gasteiger partial charge on any atom is -0.480 e. The lowest BCUT2D eigenvalue weighted by molar-refractivity contribution is -0.138. The molecule has 0 saturated heterocycles. The Morgan fingerprint density at radius 3 is 2.06 bits per heavy atom. The molecule has 3 N–H and O–H groups in total. The summed E-state index contributed by atoms with van der Waals surface area (Å²) in [6, 6.07) is 0. The zero-order valence-electron chi connectivity index (χ0n) is 9.13. The van der Waals surface area contributed by atoms with Crippen LogP contribution in [0.4, 0.5) is 0 Å². The molecule has 7 nitrogen and oxygen atoms in total. The highest BCUT2D eigenvalue weighted by atomic mass is 16.4. The molecule has 2 aromatic heterocycles. The number of aliphatic carboxylic acids is 1. The van der Waals surface area contributed by atoms with Gasteiger partial charge in [-0.15, -0.1) is 0 Å². The van der Waals surface area contributed by atoms with Crippen LogP contribution < -0.4 is 0 Å². The van der Waals surface area contributed by atoms with Gasteiger partial charge in [0.2, 0.25) is 0 Å². The van der Waals surface area contributed by atoms with Gasteiger partial charge in [-0.1, -0.05) is 0 Å². The molecule has 0 spiro atoms. The number of carbonyl (C=O) groups is 1. The highest BCUT2D eigenvalue weighted by Crippen LogP contribution is 2.05. The molecule has 0 bridgehead atoms. The Bertz CT molecular complexity index is 415. The average molecular weight is 235 g/mol. The number of nitrogens with zero attached hydrogens (tertiary/aromatic N) is 3. The van der Waals surface area contributed by atoms with Crippen molar-refractivity contribution < 1.29 is 9.90 Å². The van der Waals surface area contributed by atoms with Crippen molar-refractivity contribution in [1.29, 1.82) is 0 Å². The zero-order valence-corrected chi connectivity index (χ0v) is 9.13. The second-order valence-electron chi connectivity index (χ2n) is 3.69. The summed E-state index contributed by atoms with van der Waals surface area (Å²) in [4.78, 5) is 26.3. The maximum atomic E-state index is 10.8. The number of carboxylic acid groups (broad SMARTS) is 1. The monoisotopic (exact) mass is 235 g/mol. The van der Waals surface area contributed by atoms with Gasteiger partial charge < -0.3 is 15.1 Å². The van der Waals surface area contributed by atoms with Gasteiger partial charge in [0.15, 0.2) is 0 Å². The summed E-state index contributed by atoms with van der Waals surface area (Å²) in [5.41, 5.74) is 1.76. The molecule has 0 radical (unpaired) electrons. The molecule has 2 aromatic rings. The third kappa shape index (κ3) is 3.42. The van der Waals surface area contributed by atoms with E-state index in [0.717, 1.165) is 11.4 Å². The van der Waals surface area contributed by atoms with E-state index in [9.17, 15) is 4.79 Å². The van der Waals surface area contributed by atoms with Crippen molar-refractivity contribution in [3.63, 3.8) is 0 Å². The zero-order chi connectivity index (χ0) is 12.1. The number of aromatic nitrogens is 4. The number of aromatic amines is 2. The third-order valence-corrected chi connectivity index (χ3v) is 2.26. The highest BCUT2D eigenvalue weighted by Gasteiger charge is 2.12. The molecule has 0 unspecified atom stereocenters. The molecule has 90 valence electrons. The van der Waals surface area contributed by atoms with Crippen LogP contribution in [-0.2, 0) is 17.9 Å². The van der Waals surface area contributed by atoms with Crippen LogP contribution in [0, 0.1) is 0 Å². The van der Waals surface area contributed by atoms with Gasteiger partial charge in [-0.3, -0.25) is 9.69 Å². The molecule has 0 atom stereocenters. The molecular formula is C10H13N5O2. The van der Waals surface area contributed by atoms with Gasteiger partial charge in [0.1, 0.15) is 0 Å². The molecule has 0 aliphatic rings. The minimum absolute atomic E-state index is 0.0297. The predicted molar refractivity (Wildman–Crippen MR) is 58.9 cm³/mol. The predicted octanol–water partition coefficient (Wildman–Crippen LogP) is 0.220. The molecule has 2 heterocycles. The number of carboxylic acids is 1. The molecule has 0 aliphatic carbocycles. The summed E-state index contributed by atoms with van der Waals surface area (Å²) in [6.07, 6.45) is 6.51. The van der Waals surface area contributed by atoms with Crippen LogP contribution in [-0.4, -0.2) is 42.5 Å². The van der Waals surface area contributed by atoms with Crippen molar-refractivity contribution >= 4 is 5.97 Å². The SMILES string of the molecule is O=C(O)CN(Cc1cnc[nH]1)Cc1cnc[nH]1. The van der Waals surface area contributed by atoms with Gasteiger partial charge in [0.25, 0.3) is 0 Å². The fraction of sp³-hybridized carbons (Fsp3) is 0.300. The normalized spacial score (nSPS) is 10.9. The largest absolute Gasteiger partial charge is 0.480 e. The molecule has 0 fully saturated rings. The lowest BCUT2D eigenvalue weighted by atomic mass is 10.3. The van der Waals surface area contributed by atoms with E-state index in [4.69, 9.17) is 5.11 Å².